The predicted octanol–water partition coefficient (Wildman–Crippen LogP) is 5.18. The fourth-order valence-electron chi connectivity index (χ4n) is 5.24. The quantitative estimate of drug-likeness (QED) is 0.297. The summed E-state index contributed by atoms with van der Waals surface area (Å²) in [5, 5.41) is 0.458. The van der Waals surface area contributed by atoms with Crippen molar-refractivity contribution >= 4 is 35.0 Å². The highest BCUT2D eigenvalue weighted by Crippen LogP contribution is 2.37. The number of hydrogen-bond acceptors (Lipinski definition) is 6. The van der Waals surface area contributed by atoms with Gasteiger partial charge in [-0.3, -0.25) is 9.36 Å². The summed E-state index contributed by atoms with van der Waals surface area (Å²) in [4.78, 5) is 32.4. The number of ether oxygens (including phenoxy) is 2. The largest absolute Gasteiger partial charge is 0.496 e. The van der Waals surface area contributed by atoms with Crippen LogP contribution in [0.3, 0.4) is 0 Å². The number of rotatable bonds is 6. The van der Waals surface area contributed by atoms with Crippen molar-refractivity contribution in [2.45, 2.75) is 40.7 Å². The summed E-state index contributed by atoms with van der Waals surface area (Å²) in [5.41, 5.74) is 6.33. The molecule has 5 rings (SSSR count). The highest BCUT2D eigenvalue weighted by Gasteiger charge is 2.35. The summed E-state index contributed by atoms with van der Waals surface area (Å²) >= 11 is 7.67. The number of allylic oxidation sites excluding steroid dienone is 1. The van der Waals surface area contributed by atoms with Gasteiger partial charge in [-0.25, -0.2) is 9.79 Å². The van der Waals surface area contributed by atoms with Gasteiger partial charge in [-0.1, -0.05) is 35.1 Å². The number of carbonyl (C=O) groups excluding carboxylic acids is 1. The minimum atomic E-state index is -0.814. The van der Waals surface area contributed by atoms with Crippen LogP contribution >= 0.6 is 22.9 Å². The average Bonchev–Trinajstić information content (AvgIpc) is 3.37. The molecule has 0 aliphatic carbocycles. The number of hydrogen-bond donors (Lipinski definition) is 0. The van der Waals surface area contributed by atoms with Gasteiger partial charge in [0.15, 0.2) is 4.80 Å². The van der Waals surface area contributed by atoms with Gasteiger partial charge in [0, 0.05) is 27.7 Å². The molecule has 7 nitrogen and oxygen atoms in total. The minimum Gasteiger partial charge on any atom is -0.496 e. The van der Waals surface area contributed by atoms with Gasteiger partial charge >= 0.3 is 5.97 Å². The van der Waals surface area contributed by atoms with E-state index in [1.54, 1.807) is 43.7 Å². The van der Waals surface area contributed by atoms with E-state index in [9.17, 15) is 9.59 Å². The second-order valence-corrected chi connectivity index (χ2v) is 11.1. The molecule has 9 heteroatoms. The van der Waals surface area contributed by atoms with Crippen molar-refractivity contribution in [3.63, 3.8) is 0 Å². The van der Waals surface area contributed by atoms with Crippen LogP contribution in [0.2, 0.25) is 5.02 Å². The number of aryl methyl sites for hydroxylation is 2. The van der Waals surface area contributed by atoms with E-state index < -0.39 is 12.0 Å². The van der Waals surface area contributed by atoms with Crippen LogP contribution in [0.25, 0.3) is 11.8 Å². The fraction of sp³-hybridized carbons (Fsp3) is 0.258. The molecular weight excluding hydrogens is 546 g/mol. The Bertz CT molecular complexity index is 1860. The van der Waals surface area contributed by atoms with Crippen molar-refractivity contribution in [3.05, 3.63) is 113 Å². The van der Waals surface area contributed by atoms with Crippen LogP contribution < -0.4 is 19.6 Å². The maximum absolute atomic E-state index is 14.1. The monoisotopic (exact) mass is 575 g/mol. The lowest BCUT2D eigenvalue weighted by molar-refractivity contribution is -0.139. The molecule has 3 heterocycles. The summed E-state index contributed by atoms with van der Waals surface area (Å²) in [6, 6.07) is 14.7. The SMILES string of the molecule is CCOC(=O)C1=C(C)N=c2s/c(=C\c3cc(C)n(-c4cccc(C)c4)c3C)c(=O)n2[C@@H]1c1cc(Cl)ccc1OC. The number of benzene rings is 2. The molecule has 0 amide bonds. The molecule has 2 aromatic carbocycles. The Kier molecular flexibility index (Phi) is 7.57. The molecule has 0 N–H and O–H groups in total. The number of esters is 1. The average molecular weight is 576 g/mol. The van der Waals surface area contributed by atoms with Gasteiger partial charge in [0.05, 0.1) is 29.5 Å². The van der Waals surface area contributed by atoms with E-state index >= 15 is 0 Å². The van der Waals surface area contributed by atoms with Crippen LogP contribution in [0, 0.1) is 20.8 Å². The van der Waals surface area contributed by atoms with E-state index in [-0.39, 0.29) is 17.7 Å². The molecule has 0 radical (unpaired) electrons. The van der Waals surface area contributed by atoms with Gasteiger partial charge in [-0.2, -0.15) is 0 Å². The lowest BCUT2D eigenvalue weighted by Gasteiger charge is -2.26. The van der Waals surface area contributed by atoms with Gasteiger partial charge in [-0.15, -0.1) is 0 Å². The zero-order valence-corrected chi connectivity index (χ0v) is 24.8. The standard InChI is InChI=1S/C31H30ClN3O4S/c1-7-39-30(37)27-19(4)33-31-35(28(27)24-16-22(32)11-12-25(24)38-6)29(36)26(40-31)15-21-14-18(3)34(20(21)5)23-10-8-9-17(2)13-23/h8-16,28H,7H2,1-6H3/b26-15-/t28-/m1/s1. The highest BCUT2D eigenvalue weighted by molar-refractivity contribution is 7.07. The lowest BCUT2D eigenvalue weighted by atomic mass is 9.95. The molecular formula is C31H30ClN3O4S. The first kappa shape index (κ1) is 27.7. The van der Waals surface area contributed by atoms with E-state index in [1.807, 2.05) is 19.1 Å². The number of aromatic nitrogens is 2. The third-order valence-corrected chi connectivity index (χ3v) is 8.24. The molecule has 0 saturated carbocycles. The van der Waals surface area contributed by atoms with E-state index in [0.29, 0.717) is 31.4 Å². The number of halogens is 1. The molecule has 0 saturated heterocycles. The van der Waals surface area contributed by atoms with Crippen LogP contribution in [0.5, 0.6) is 5.75 Å². The molecule has 2 aromatic heterocycles. The Morgan fingerprint density at radius 1 is 1.12 bits per heavy atom. The number of nitrogens with zero attached hydrogens (tertiary/aromatic N) is 3. The van der Waals surface area contributed by atoms with Gasteiger partial charge in [0.25, 0.3) is 5.56 Å². The molecule has 40 heavy (non-hydrogen) atoms. The van der Waals surface area contributed by atoms with E-state index in [1.165, 1.54) is 16.9 Å². The molecule has 0 spiro atoms. The first-order valence-electron chi connectivity index (χ1n) is 12.9. The summed E-state index contributed by atoms with van der Waals surface area (Å²) in [5.74, 6) is -0.0334. The maximum atomic E-state index is 14.1. The van der Waals surface area contributed by atoms with Crippen LogP contribution in [0.4, 0.5) is 0 Å². The smallest absolute Gasteiger partial charge is 0.338 e. The molecule has 1 aliphatic heterocycles. The summed E-state index contributed by atoms with van der Waals surface area (Å²) in [7, 11) is 1.54. The summed E-state index contributed by atoms with van der Waals surface area (Å²) in [6.45, 7) is 9.84. The van der Waals surface area contributed by atoms with E-state index in [0.717, 1.165) is 22.6 Å². The Labute approximate surface area is 241 Å². The van der Waals surface area contributed by atoms with Crippen molar-refractivity contribution in [2.75, 3.05) is 13.7 Å². The number of carbonyl (C=O) groups is 1. The Hall–Kier alpha value is -3.88. The molecule has 0 bridgehead atoms. The minimum absolute atomic E-state index is 0.190. The highest BCUT2D eigenvalue weighted by atomic mass is 35.5. The Balaban J connectivity index is 1.73. The van der Waals surface area contributed by atoms with Crippen LogP contribution in [-0.2, 0) is 9.53 Å². The van der Waals surface area contributed by atoms with E-state index in [4.69, 9.17) is 21.1 Å². The predicted molar refractivity (Wildman–Crippen MR) is 158 cm³/mol. The topological polar surface area (TPSA) is 74.8 Å². The lowest BCUT2D eigenvalue weighted by Crippen LogP contribution is -2.40. The van der Waals surface area contributed by atoms with Crippen LogP contribution in [0.1, 0.15) is 48.0 Å². The maximum Gasteiger partial charge on any atom is 0.338 e. The van der Waals surface area contributed by atoms with Crippen molar-refractivity contribution in [1.29, 1.82) is 0 Å². The van der Waals surface area contributed by atoms with Gasteiger partial charge in [0.1, 0.15) is 11.8 Å². The van der Waals surface area contributed by atoms with Gasteiger partial charge in [0.2, 0.25) is 0 Å². The normalized spacial score (nSPS) is 15.2. The van der Waals surface area contributed by atoms with Crippen molar-refractivity contribution in [2.24, 2.45) is 4.99 Å². The second kappa shape index (κ2) is 10.9. The van der Waals surface area contributed by atoms with Gasteiger partial charge in [-0.05, 0) is 88.2 Å². The molecule has 1 aliphatic rings. The summed E-state index contributed by atoms with van der Waals surface area (Å²) < 4.78 is 15.3. The third kappa shape index (κ3) is 4.82. The zero-order valence-electron chi connectivity index (χ0n) is 23.2. The summed E-state index contributed by atoms with van der Waals surface area (Å²) in [6.07, 6.45) is 1.90. The molecule has 0 unspecified atom stereocenters. The number of fused-ring (bicyclic) bond motifs is 1. The van der Waals surface area contributed by atoms with Crippen LogP contribution in [-0.4, -0.2) is 28.8 Å². The third-order valence-electron chi connectivity index (χ3n) is 7.02. The number of thiazole rings is 1. The van der Waals surface area contributed by atoms with Crippen molar-refractivity contribution < 1.29 is 14.3 Å². The van der Waals surface area contributed by atoms with Crippen molar-refractivity contribution in [1.82, 2.24) is 9.13 Å². The molecule has 4 aromatic rings. The Morgan fingerprint density at radius 2 is 1.90 bits per heavy atom. The number of methoxy groups -OCH3 is 1. The molecule has 1 atom stereocenters. The zero-order chi connectivity index (χ0) is 28.7. The van der Waals surface area contributed by atoms with Crippen LogP contribution in [0.15, 0.2) is 69.6 Å². The second-order valence-electron chi connectivity index (χ2n) is 9.69. The van der Waals surface area contributed by atoms with Gasteiger partial charge < -0.3 is 14.0 Å². The van der Waals surface area contributed by atoms with Crippen molar-refractivity contribution in [3.8, 4) is 11.4 Å². The molecule has 0 fully saturated rings. The van der Waals surface area contributed by atoms with E-state index in [2.05, 4.69) is 47.7 Å². The first-order valence-corrected chi connectivity index (χ1v) is 14.1. The first-order chi connectivity index (χ1) is 19.1. The Morgan fingerprint density at radius 3 is 2.60 bits per heavy atom. The molecule has 206 valence electrons. The fourth-order valence-corrected chi connectivity index (χ4v) is 6.46.